The van der Waals surface area contributed by atoms with Crippen LogP contribution in [0, 0.1) is 0 Å². The van der Waals surface area contributed by atoms with E-state index in [9.17, 15) is 13.0 Å². The molecule has 28 heavy (non-hydrogen) atoms. The van der Waals surface area contributed by atoms with E-state index in [1.165, 1.54) is 12.1 Å². The second kappa shape index (κ2) is 14.3. The fraction of sp³-hybridized carbons (Fsp3) is 0.700. The number of sulfonamides is 1. The van der Waals surface area contributed by atoms with Gasteiger partial charge in [0.05, 0.1) is 18.1 Å². The minimum atomic E-state index is -3.98. The first-order chi connectivity index (χ1) is 13.4. The standard InChI is InChI=1S/C20H36NO5PS/c1-3-5-7-9-14-18-25-27(22,26-19-15-10-8-6-4-2)21-28(23,24)20-16-12-11-13-17-20/h11-13,16-17H,3-10,14-15,18-19H2,1-2H3,(H,21,22). The van der Waals surface area contributed by atoms with E-state index in [2.05, 4.69) is 18.3 Å². The van der Waals surface area contributed by atoms with Crippen LogP contribution in [0.1, 0.15) is 78.1 Å². The van der Waals surface area contributed by atoms with Crippen LogP contribution in [0.5, 0.6) is 0 Å². The molecule has 0 fully saturated rings. The summed E-state index contributed by atoms with van der Waals surface area (Å²) in [6, 6.07) is 7.84. The molecule has 0 aromatic heterocycles. The van der Waals surface area contributed by atoms with Crippen LogP contribution in [0.15, 0.2) is 35.2 Å². The third kappa shape index (κ3) is 10.7. The zero-order chi connectivity index (χ0) is 20.7. The smallest absolute Gasteiger partial charge is 0.296 e. The fourth-order valence-electron chi connectivity index (χ4n) is 2.67. The van der Waals surface area contributed by atoms with Crippen molar-refractivity contribution in [1.29, 1.82) is 0 Å². The molecule has 1 N–H and O–H groups in total. The highest BCUT2D eigenvalue weighted by molar-refractivity contribution is 7.94. The molecule has 0 aliphatic rings. The molecule has 0 spiro atoms. The predicted octanol–water partition coefficient (Wildman–Crippen LogP) is 6.05. The molecule has 0 aliphatic carbocycles. The SMILES string of the molecule is CCCCCCCOP(=O)(NS(=O)(=O)c1ccccc1)OCCCCCCC. The summed E-state index contributed by atoms with van der Waals surface area (Å²) in [7, 11) is -7.94. The van der Waals surface area contributed by atoms with Crippen LogP contribution in [0.2, 0.25) is 0 Å². The molecule has 0 saturated heterocycles. The van der Waals surface area contributed by atoms with E-state index in [-0.39, 0.29) is 18.1 Å². The van der Waals surface area contributed by atoms with Crippen molar-refractivity contribution in [1.82, 2.24) is 4.49 Å². The highest BCUT2D eigenvalue weighted by Gasteiger charge is 2.32. The molecule has 0 saturated carbocycles. The fourth-order valence-corrected chi connectivity index (χ4v) is 6.02. The van der Waals surface area contributed by atoms with Crippen LogP contribution in [-0.4, -0.2) is 21.6 Å². The van der Waals surface area contributed by atoms with Crippen molar-refractivity contribution in [3.8, 4) is 0 Å². The van der Waals surface area contributed by atoms with Gasteiger partial charge in [-0.15, -0.1) is 4.49 Å². The highest BCUT2D eigenvalue weighted by Crippen LogP contribution is 2.45. The molecule has 1 aromatic carbocycles. The lowest BCUT2D eigenvalue weighted by Gasteiger charge is -2.19. The van der Waals surface area contributed by atoms with Crippen molar-refractivity contribution in [2.75, 3.05) is 13.2 Å². The van der Waals surface area contributed by atoms with Gasteiger partial charge in [0.1, 0.15) is 0 Å². The second-order valence-electron chi connectivity index (χ2n) is 6.90. The summed E-state index contributed by atoms with van der Waals surface area (Å²) >= 11 is 0. The second-order valence-corrected chi connectivity index (χ2v) is 10.6. The minimum absolute atomic E-state index is 0.0355. The molecule has 0 amide bonds. The Labute approximate surface area is 171 Å². The van der Waals surface area contributed by atoms with Gasteiger partial charge in [0.25, 0.3) is 0 Å². The maximum atomic E-state index is 13.0. The molecule has 0 heterocycles. The Bertz CT molecular complexity index is 646. The van der Waals surface area contributed by atoms with Crippen LogP contribution >= 0.6 is 7.75 Å². The summed E-state index contributed by atoms with van der Waals surface area (Å²) < 4.78 is 51.2. The number of hydrogen-bond acceptors (Lipinski definition) is 5. The normalized spacial score (nSPS) is 12.4. The largest absolute Gasteiger partial charge is 0.419 e. The Morgan fingerprint density at radius 1 is 0.786 bits per heavy atom. The van der Waals surface area contributed by atoms with Crippen molar-refractivity contribution in [3.63, 3.8) is 0 Å². The quantitative estimate of drug-likeness (QED) is 0.239. The summed E-state index contributed by atoms with van der Waals surface area (Å²) in [6.45, 7) is 4.68. The van der Waals surface area contributed by atoms with Gasteiger partial charge in [-0.3, -0.25) is 9.05 Å². The Morgan fingerprint density at radius 2 is 1.25 bits per heavy atom. The van der Waals surface area contributed by atoms with Gasteiger partial charge in [0.2, 0.25) is 10.0 Å². The predicted molar refractivity (Wildman–Crippen MR) is 114 cm³/mol. The molecule has 0 bridgehead atoms. The van der Waals surface area contributed by atoms with Gasteiger partial charge in [-0.2, -0.15) is 0 Å². The number of nitrogens with one attached hydrogen (secondary N) is 1. The van der Waals surface area contributed by atoms with Crippen molar-refractivity contribution >= 4 is 17.8 Å². The van der Waals surface area contributed by atoms with E-state index in [0.717, 1.165) is 64.2 Å². The molecule has 0 radical (unpaired) electrons. The average Bonchev–Trinajstić information content (AvgIpc) is 2.68. The molecule has 8 heteroatoms. The number of hydrogen-bond donors (Lipinski definition) is 1. The van der Waals surface area contributed by atoms with Crippen LogP contribution < -0.4 is 4.49 Å². The summed E-state index contributed by atoms with van der Waals surface area (Å²) in [6.07, 6.45) is 10.1. The molecule has 1 aromatic rings. The Hall–Kier alpha value is -0.720. The van der Waals surface area contributed by atoms with E-state index >= 15 is 0 Å². The highest BCUT2D eigenvalue weighted by atomic mass is 32.2. The van der Waals surface area contributed by atoms with Crippen LogP contribution in [0.4, 0.5) is 0 Å². The zero-order valence-electron chi connectivity index (χ0n) is 17.3. The lowest BCUT2D eigenvalue weighted by atomic mass is 10.2. The number of rotatable bonds is 17. The zero-order valence-corrected chi connectivity index (χ0v) is 19.0. The molecule has 0 aliphatic heterocycles. The summed E-state index contributed by atoms with van der Waals surface area (Å²) in [4.78, 5) is 0.0355. The van der Waals surface area contributed by atoms with Gasteiger partial charge in [-0.05, 0) is 25.0 Å². The Kier molecular flexibility index (Phi) is 12.9. The van der Waals surface area contributed by atoms with E-state index in [4.69, 9.17) is 9.05 Å². The number of benzene rings is 1. The lowest BCUT2D eigenvalue weighted by molar-refractivity contribution is 0.194. The minimum Gasteiger partial charge on any atom is -0.296 e. The van der Waals surface area contributed by atoms with Gasteiger partial charge in [-0.1, -0.05) is 83.4 Å². The van der Waals surface area contributed by atoms with Crippen molar-refractivity contribution in [2.45, 2.75) is 83.0 Å². The van der Waals surface area contributed by atoms with Gasteiger partial charge in [0.15, 0.2) is 0 Å². The molecular formula is C20H36NO5PS. The first-order valence-corrected chi connectivity index (χ1v) is 13.4. The van der Waals surface area contributed by atoms with E-state index in [1.807, 2.05) is 0 Å². The molecule has 1 rings (SSSR count). The molecule has 0 atom stereocenters. The maximum Gasteiger partial charge on any atom is 0.419 e. The third-order valence-corrected chi connectivity index (χ3v) is 8.10. The van der Waals surface area contributed by atoms with Crippen molar-refractivity contribution in [2.24, 2.45) is 0 Å². The van der Waals surface area contributed by atoms with E-state index < -0.39 is 17.8 Å². The molecular weight excluding hydrogens is 397 g/mol. The van der Waals surface area contributed by atoms with Gasteiger partial charge in [0, 0.05) is 0 Å². The van der Waals surface area contributed by atoms with E-state index in [1.54, 1.807) is 18.2 Å². The van der Waals surface area contributed by atoms with Gasteiger partial charge in [-0.25, -0.2) is 13.0 Å². The van der Waals surface area contributed by atoms with Crippen molar-refractivity contribution in [3.05, 3.63) is 30.3 Å². The third-order valence-electron chi connectivity index (χ3n) is 4.30. The molecule has 6 nitrogen and oxygen atoms in total. The summed E-state index contributed by atoms with van der Waals surface area (Å²) in [5.41, 5.74) is 0. The molecule has 0 unspecified atom stereocenters. The van der Waals surface area contributed by atoms with Gasteiger partial charge < -0.3 is 0 Å². The topological polar surface area (TPSA) is 81.7 Å². The first kappa shape index (κ1) is 25.3. The molecule has 162 valence electrons. The maximum absolute atomic E-state index is 13.0. The summed E-state index contributed by atoms with van der Waals surface area (Å²) in [5.74, 6) is 0. The average molecular weight is 434 g/mol. The van der Waals surface area contributed by atoms with Gasteiger partial charge >= 0.3 is 7.75 Å². The van der Waals surface area contributed by atoms with E-state index in [0.29, 0.717) is 0 Å². The first-order valence-electron chi connectivity index (χ1n) is 10.4. The van der Waals surface area contributed by atoms with Crippen LogP contribution in [-0.2, 0) is 23.6 Å². The Morgan fingerprint density at radius 3 is 1.71 bits per heavy atom. The van der Waals surface area contributed by atoms with Crippen LogP contribution in [0.3, 0.4) is 0 Å². The Balaban J connectivity index is 2.64. The summed E-state index contributed by atoms with van der Waals surface area (Å²) in [5, 5.41) is 0. The van der Waals surface area contributed by atoms with Crippen LogP contribution in [0.25, 0.3) is 0 Å². The lowest BCUT2D eigenvalue weighted by Crippen LogP contribution is -2.24. The van der Waals surface area contributed by atoms with Crippen molar-refractivity contribution < 1.29 is 22.0 Å². The monoisotopic (exact) mass is 433 g/mol. The number of unbranched alkanes of at least 4 members (excludes halogenated alkanes) is 8.